The van der Waals surface area contributed by atoms with Crippen LogP contribution in [0.5, 0.6) is 5.75 Å². The molecule has 1 aliphatic heterocycles. The second-order valence-corrected chi connectivity index (χ2v) is 11.9. The van der Waals surface area contributed by atoms with Crippen LogP contribution in [0.15, 0.2) is 60.8 Å². The van der Waals surface area contributed by atoms with Crippen LogP contribution in [-0.4, -0.2) is 41.3 Å². The number of benzene rings is 2. The summed E-state index contributed by atoms with van der Waals surface area (Å²) in [6, 6.07) is 13.5. The Balaban J connectivity index is 1.17. The smallest absolute Gasteiger partial charge is 0.275 e. The Morgan fingerprint density at radius 2 is 1.89 bits per heavy atom. The molecule has 2 aromatic carbocycles. The maximum atomic E-state index is 15.1. The fourth-order valence-corrected chi connectivity index (χ4v) is 6.47. The molecule has 1 fully saturated rings. The summed E-state index contributed by atoms with van der Waals surface area (Å²) in [7, 11) is 0. The van der Waals surface area contributed by atoms with Gasteiger partial charge in [-0.2, -0.15) is 5.10 Å². The first kappa shape index (κ1) is 28.1. The summed E-state index contributed by atoms with van der Waals surface area (Å²) >= 11 is 6.34. The van der Waals surface area contributed by atoms with Gasteiger partial charge in [0.25, 0.3) is 5.91 Å². The molecule has 12 heteroatoms. The van der Waals surface area contributed by atoms with E-state index in [1.165, 1.54) is 30.3 Å². The predicted molar refractivity (Wildman–Crippen MR) is 160 cm³/mol. The van der Waals surface area contributed by atoms with Gasteiger partial charge in [-0.25, -0.2) is 23.1 Å². The number of hydrogen-bond acceptors (Lipinski definition) is 6. The molecule has 9 nitrogen and oxygen atoms in total. The summed E-state index contributed by atoms with van der Waals surface area (Å²) in [5, 5.41) is 15.9. The van der Waals surface area contributed by atoms with Crippen LogP contribution in [0, 0.1) is 25.5 Å². The molecule has 224 valence electrons. The van der Waals surface area contributed by atoms with Crippen molar-refractivity contribution in [1.29, 1.82) is 0 Å². The quantitative estimate of drug-likeness (QED) is 0.228. The number of carbonyl (C=O) groups excluding carboxylic acids is 1. The van der Waals surface area contributed by atoms with E-state index in [-0.39, 0.29) is 39.4 Å². The van der Waals surface area contributed by atoms with Crippen molar-refractivity contribution in [2.45, 2.75) is 57.6 Å². The third-order valence-corrected chi connectivity index (χ3v) is 8.65. The average molecular weight is 616 g/mol. The molecule has 3 aromatic heterocycles. The van der Waals surface area contributed by atoms with E-state index in [1.807, 2.05) is 19.9 Å². The van der Waals surface area contributed by atoms with Gasteiger partial charge in [0.1, 0.15) is 34.4 Å². The molecule has 1 saturated carbocycles. The molecule has 0 saturated heterocycles. The first-order valence-electron chi connectivity index (χ1n) is 14.4. The minimum atomic E-state index is -0.567. The van der Waals surface area contributed by atoms with Crippen molar-refractivity contribution in [3.05, 3.63) is 100 Å². The van der Waals surface area contributed by atoms with Crippen molar-refractivity contribution >= 4 is 23.2 Å². The topological polar surface area (TPSA) is 99.8 Å². The minimum absolute atomic E-state index is 0.000189. The second-order valence-electron chi connectivity index (χ2n) is 11.5. The fourth-order valence-electron chi connectivity index (χ4n) is 6.28. The highest BCUT2D eigenvalue weighted by Gasteiger charge is 2.44. The molecule has 1 aliphatic carbocycles. The number of carbonyl (C=O) groups is 1. The van der Waals surface area contributed by atoms with Crippen LogP contribution in [0.3, 0.4) is 0 Å². The van der Waals surface area contributed by atoms with Crippen LogP contribution in [0.25, 0.3) is 17.1 Å². The second kappa shape index (κ2) is 10.8. The number of ether oxygens (including phenoxy) is 1. The van der Waals surface area contributed by atoms with Gasteiger partial charge >= 0.3 is 0 Å². The van der Waals surface area contributed by atoms with Gasteiger partial charge in [0.2, 0.25) is 0 Å². The Bertz CT molecular complexity index is 1910. The molecule has 1 amide bonds. The standard InChI is InChI=1S/C32H28ClF2N7O2/c1-18-13-19(2)42(39-18)29-10-7-24(33)30(37-29)31(43)36-21-6-8-25(35)22(15-21)26-17-41(40-38-26)27-16-32(11-3-4-12-32)44-28-9-5-20(34)14-23(27)28/h5-10,13-15,17,27H,3-4,11-12,16H2,1-2H3,(H,36,43)/t27-/m0/s1. The molecule has 0 bridgehead atoms. The Hall–Kier alpha value is -4.64. The molecule has 0 radical (unpaired) electrons. The van der Waals surface area contributed by atoms with Crippen molar-refractivity contribution in [3.8, 4) is 22.8 Å². The summed E-state index contributed by atoms with van der Waals surface area (Å²) in [4.78, 5) is 17.7. The van der Waals surface area contributed by atoms with E-state index < -0.39 is 11.7 Å². The number of fused-ring (bicyclic) bond motifs is 1. The summed E-state index contributed by atoms with van der Waals surface area (Å²) in [6.07, 6.45) is 6.18. The molecule has 1 spiro atoms. The summed E-state index contributed by atoms with van der Waals surface area (Å²) in [5.41, 5.74) is 2.72. The molecule has 1 atom stereocenters. The van der Waals surface area contributed by atoms with Crippen LogP contribution < -0.4 is 10.1 Å². The first-order chi connectivity index (χ1) is 21.2. The number of aromatic nitrogens is 6. The number of amides is 1. The number of halogens is 3. The van der Waals surface area contributed by atoms with E-state index in [0.717, 1.165) is 37.1 Å². The number of hydrogen-bond donors (Lipinski definition) is 1. The van der Waals surface area contributed by atoms with Gasteiger partial charge in [-0.05, 0) is 94.1 Å². The van der Waals surface area contributed by atoms with Crippen LogP contribution in [-0.2, 0) is 0 Å². The molecule has 0 unspecified atom stereocenters. The lowest BCUT2D eigenvalue weighted by molar-refractivity contribution is 0.0352. The Labute approximate surface area is 256 Å². The molecule has 7 rings (SSSR count). The predicted octanol–water partition coefficient (Wildman–Crippen LogP) is 7.01. The summed E-state index contributed by atoms with van der Waals surface area (Å²) in [6.45, 7) is 3.75. The zero-order valence-electron chi connectivity index (χ0n) is 24.0. The molecular weight excluding hydrogens is 588 g/mol. The van der Waals surface area contributed by atoms with Gasteiger partial charge in [-0.15, -0.1) is 5.10 Å². The van der Waals surface area contributed by atoms with Gasteiger partial charge in [0.05, 0.1) is 23.0 Å². The number of aryl methyl sites for hydroxylation is 2. The largest absolute Gasteiger partial charge is 0.487 e. The van der Waals surface area contributed by atoms with Gasteiger partial charge in [-0.1, -0.05) is 16.8 Å². The summed E-state index contributed by atoms with van der Waals surface area (Å²) < 4.78 is 39.1. The third-order valence-electron chi connectivity index (χ3n) is 8.34. The van der Waals surface area contributed by atoms with E-state index in [1.54, 1.807) is 33.8 Å². The highest BCUT2D eigenvalue weighted by molar-refractivity contribution is 6.34. The highest BCUT2D eigenvalue weighted by Crippen LogP contribution is 2.48. The van der Waals surface area contributed by atoms with E-state index >= 15 is 4.39 Å². The van der Waals surface area contributed by atoms with E-state index in [2.05, 4.69) is 25.7 Å². The molecule has 44 heavy (non-hydrogen) atoms. The molecule has 2 aliphatic rings. The van der Waals surface area contributed by atoms with E-state index in [9.17, 15) is 9.18 Å². The van der Waals surface area contributed by atoms with Crippen molar-refractivity contribution in [2.24, 2.45) is 0 Å². The average Bonchev–Trinajstić information content (AvgIpc) is 3.75. The lowest BCUT2D eigenvalue weighted by Gasteiger charge is -2.39. The van der Waals surface area contributed by atoms with Gasteiger partial charge in [0, 0.05) is 28.9 Å². The first-order valence-corrected chi connectivity index (χ1v) is 14.8. The number of rotatable bonds is 5. The van der Waals surface area contributed by atoms with Crippen LogP contribution in [0.4, 0.5) is 14.5 Å². The molecule has 1 N–H and O–H groups in total. The normalized spacial score (nSPS) is 17.0. The maximum absolute atomic E-state index is 15.1. The number of nitrogens with zero attached hydrogens (tertiary/aromatic N) is 6. The summed E-state index contributed by atoms with van der Waals surface area (Å²) in [5.74, 6) is -0.405. The Morgan fingerprint density at radius 1 is 1.07 bits per heavy atom. The van der Waals surface area contributed by atoms with Crippen LogP contribution in [0.2, 0.25) is 5.02 Å². The van der Waals surface area contributed by atoms with Crippen molar-refractivity contribution in [2.75, 3.05) is 5.32 Å². The molecule has 4 heterocycles. The van der Waals surface area contributed by atoms with Crippen LogP contribution >= 0.6 is 11.6 Å². The molecule has 5 aromatic rings. The van der Waals surface area contributed by atoms with Gasteiger partial charge in [0.15, 0.2) is 5.82 Å². The fraction of sp³-hybridized carbons (Fsp3) is 0.281. The monoisotopic (exact) mass is 615 g/mol. The minimum Gasteiger partial charge on any atom is -0.487 e. The number of anilines is 1. The van der Waals surface area contributed by atoms with Crippen LogP contribution in [0.1, 0.15) is 65.6 Å². The lowest BCUT2D eigenvalue weighted by atomic mass is 9.86. The highest BCUT2D eigenvalue weighted by atomic mass is 35.5. The number of pyridine rings is 1. The van der Waals surface area contributed by atoms with Crippen molar-refractivity contribution < 1.29 is 18.3 Å². The van der Waals surface area contributed by atoms with Crippen molar-refractivity contribution in [3.63, 3.8) is 0 Å². The molecular formula is C32H28ClF2N7O2. The van der Waals surface area contributed by atoms with Gasteiger partial charge in [-0.3, -0.25) is 4.79 Å². The Kier molecular flexibility index (Phi) is 6.92. The third kappa shape index (κ3) is 5.11. The zero-order chi connectivity index (χ0) is 30.6. The van der Waals surface area contributed by atoms with E-state index in [4.69, 9.17) is 16.3 Å². The lowest BCUT2D eigenvalue weighted by Crippen LogP contribution is -2.40. The Morgan fingerprint density at radius 3 is 2.66 bits per heavy atom. The number of nitrogens with one attached hydrogen (secondary N) is 1. The maximum Gasteiger partial charge on any atom is 0.275 e. The zero-order valence-corrected chi connectivity index (χ0v) is 24.8. The van der Waals surface area contributed by atoms with Crippen molar-refractivity contribution in [1.82, 2.24) is 29.8 Å². The SMILES string of the molecule is Cc1cc(C)n(-c2ccc(Cl)c(C(=O)Nc3ccc(F)c(-c4cn([C@H]5CC6(CCCC6)Oc6ccc(F)cc65)nn4)c3)n2)n1. The van der Waals surface area contributed by atoms with Gasteiger partial charge < -0.3 is 10.1 Å². The van der Waals surface area contributed by atoms with E-state index in [0.29, 0.717) is 29.2 Å².